The Morgan fingerprint density at radius 2 is 2.00 bits per heavy atom. The van der Waals surface area contributed by atoms with Crippen LogP contribution in [0.4, 0.5) is 0 Å². The highest BCUT2D eigenvalue weighted by atomic mass is 14.9. The summed E-state index contributed by atoms with van der Waals surface area (Å²) in [5, 5.41) is 3.44. The summed E-state index contributed by atoms with van der Waals surface area (Å²) in [6, 6.07) is 0. The van der Waals surface area contributed by atoms with Gasteiger partial charge in [-0.25, -0.2) is 0 Å². The zero-order chi connectivity index (χ0) is 7.78. The SMILES string of the molecule is CC(C)[C@H]1CNCC1(C)C. The third-order valence-electron chi connectivity index (χ3n) is 2.75. The monoisotopic (exact) mass is 141 g/mol. The molecule has 0 saturated carbocycles. The summed E-state index contributed by atoms with van der Waals surface area (Å²) in [6.07, 6.45) is 0. The predicted octanol–water partition coefficient (Wildman–Crippen LogP) is 1.89. The van der Waals surface area contributed by atoms with Gasteiger partial charge in [0.1, 0.15) is 0 Å². The molecule has 60 valence electrons. The molecule has 0 unspecified atom stereocenters. The molecule has 1 nitrogen and oxygen atoms in total. The second kappa shape index (κ2) is 2.54. The first kappa shape index (κ1) is 8.06. The molecule has 0 aliphatic carbocycles. The van der Waals surface area contributed by atoms with Crippen LogP contribution in [-0.4, -0.2) is 13.1 Å². The lowest BCUT2D eigenvalue weighted by Crippen LogP contribution is -2.26. The number of hydrogen-bond acceptors (Lipinski definition) is 1. The molecule has 0 aromatic carbocycles. The molecule has 0 spiro atoms. The average Bonchev–Trinajstić information content (AvgIpc) is 2.08. The topological polar surface area (TPSA) is 12.0 Å². The molecule has 1 fully saturated rings. The van der Waals surface area contributed by atoms with Crippen LogP contribution in [0.3, 0.4) is 0 Å². The molecular formula is C9H19N. The Morgan fingerprint density at radius 1 is 1.40 bits per heavy atom. The molecule has 1 rings (SSSR count). The Balaban J connectivity index is 2.59. The summed E-state index contributed by atoms with van der Waals surface area (Å²) in [6.45, 7) is 11.8. The fourth-order valence-electron chi connectivity index (χ4n) is 2.10. The van der Waals surface area contributed by atoms with Crippen LogP contribution in [0, 0.1) is 17.3 Å². The highest BCUT2D eigenvalue weighted by molar-refractivity contribution is 4.89. The second-order valence-corrected chi connectivity index (χ2v) is 4.47. The zero-order valence-corrected chi connectivity index (χ0v) is 7.57. The van der Waals surface area contributed by atoms with E-state index in [1.54, 1.807) is 0 Å². The molecule has 0 aromatic rings. The molecule has 1 N–H and O–H groups in total. The van der Waals surface area contributed by atoms with Crippen molar-refractivity contribution in [1.82, 2.24) is 5.32 Å². The van der Waals surface area contributed by atoms with E-state index in [1.807, 2.05) is 0 Å². The van der Waals surface area contributed by atoms with Gasteiger partial charge < -0.3 is 5.32 Å². The molecule has 1 aliphatic heterocycles. The standard InChI is InChI=1S/C9H19N/c1-7(2)8-5-10-6-9(8,3)4/h7-8,10H,5-6H2,1-4H3/t8-/m1/s1. The summed E-state index contributed by atoms with van der Waals surface area (Å²) in [5.41, 5.74) is 0.522. The van der Waals surface area contributed by atoms with Crippen LogP contribution < -0.4 is 5.32 Å². The lowest BCUT2D eigenvalue weighted by molar-refractivity contribution is 0.224. The largest absolute Gasteiger partial charge is 0.316 e. The van der Waals surface area contributed by atoms with Crippen LogP contribution >= 0.6 is 0 Å². The molecule has 1 heteroatoms. The van der Waals surface area contributed by atoms with Crippen LogP contribution in [0.1, 0.15) is 27.7 Å². The van der Waals surface area contributed by atoms with E-state index in [9.17, 15) is 0 Å². The highest BCUT2D eigenvalue weighted by Crippen LogP contribution is 2.35. The fraction of sp³-hybridized carbons (Fsp3) is 1.00. The highest BCUT2D eigenvalue weighted by Gasteiger charge is 2.35. The van der Waals surface area contributed by atoms with Crippen LogP contribution in [0.5, 0.6) is 0 Å². The van der Waals surface area contributed by atoms with Crippen molar-refractivity contribution in [2.75, 3.05) is 13.1 Å². The van der Waals surface area contributed by atoms with Crippen LogP contribution in [0.25, 0.3) is 0 Å². The van der Waals surface area contributed by atoms with Gasteiger partial charge in [-0.15, -0.1) is 0 Å². The Morgan fingerprint density at radius 3 is 2.20 bits per heavy atom. The molecule has 1 aliphatic rings. The number of nitrogens with one attached hydrogen (secondary N) is 1. The maximum absolute atomic E-state index is 3.44. The molecular weight excluding hydrogens is 122 g/mol. The normalized spacial score (nSPS) is 31.5. The lowest BCUT2D eigenvalue weighted by Gasteiger charge is -2.28. The van der Waals surface area contributed by atoms with Gasteiger partial charge in [-0.05, 0) is 23.8 Å². The minimum atomic E-state index is 0.522. The summed E-state index contributed by atoms with van der Waals surface area (Å²) >= 11 is 0. The van der Waals surface area contributed by atoms with Gasteiger partial charge in [-0.1, -0.05) is 27.7 Å². The fourth-order valence-corrected chi connectivity index (χ4v) is 2.10. The molecule has 1 atom stereocenters. The lowest BCUT2D eigenvalue weighted by atomic mass is 9.76. The number of rotatable bonds is 1. The van der Waals surface area contributed by atoms with E-state index in [0.29, 0.717) is 5.41 Å². The smallest absolute Gasteiger partial charge is 0.000587 e. The van der Waals surface area contributed by atoms with Crippen LogP contribution in [0.2, 0.25) is 0 Å². The van der Waals surface area contributed by atoms with Gasteiger partial charge in [0, 0.05) is 6.54 Å². The summed E-state index contributed by atoms with van der Waals surface area (Å²) < 4.78 is 0. The molecule has 1 heterocycles. The van der Waals surface area contributed by atoms with Crippen LogP contribution in [-0.2, 0) is 0 Å². The molecule has 0 aromatic heterocycles. The summed E-state index contributed by atoms with van der Waals surface area (Å²) in [7, 11) is 0. The van der Waals surface area contributed by atoms with E-state index in [1.165, 1.54) is 13.1 Å². The maximum atomic E-state index is 3.44. The molecule has 10 heavy (non-hydrogen) atoms. The van der Waals surface area contributed by atoms with E-state index < -0.39 is 0 Å². The van der Waals surface area contributed by atoms with E-state index >= 15 is 0 Å². The van der Waals surface area contributed by atoms with Gasteiger partial charge in [-0.2, -0.15) is 0 Å². The van der Waals surface area contributed by atoms with Gasteiger partial charge in [0.05, 0.1) is 0 Å². The van der Waals surface area contributed by atoms with Crippen molar-refractivity contribution in [1.29, 1.82) is 0 Å². The first-order valence-corrected chi connectivity index (χ1v) is 4.25. The van der Waals surface area contributed by atoms with E-state index in [2.05, 4.69) is 33.0 Å². The minimum absolute atomic E-state index is 0.522. The van der Waals surface area contributed by atoms with Gasteiger partial charge in [0.2, 0.25) is 0 Å². The van der Waals surface area contributed by atoms with Crippen molar-refractivity contribution in [2.24, 2.45) is 17.3 Å². The van der Waals surface area contributed by atoms with Gasteiger partial charge >= 0.3 is 0 Å². The van der Waals surface area contributed by atoms with Crippen molar-refractivity contribution < 1.29 is 0 Å². The Hall–Kier alpha value is -0.0400. The maximum Gasteiger partial charge on any atom is 0.000587 e. The molecule has 1 saturated heterocycles. The van der Waals surface area contributed by atoms with Crippen molar-refractivity contribution >= 4 is 0 Å². The zero-order valence-electron chi connectivity index (χ0n) is 7.57. The van der Waals surface area contributed by atoms with Crippen molar-refractivity contribution in [3.05, 3.63) is 0 Å². The first-order valence-electron chi connectivity index (χ1n) is 4.25. The van der Waals surface area contributed by atoms with E-state index in [4.69, 9.17) is 0 Å². The van der Waals surface area contributed by atoms with Crippen molar-refractivity contribution in [3.8, 4) is 0 Å². The second-order valence-electron chi connectivity index (χ2n) is 4.47. The summed E-state index contributed by atoms with van der Waals surface area (Å²) in [5.74, 6) is 1.69. The quantitative estimate of drug-likeness (QED) is 0.588. The average molecular weight is 141 g/mol. The van der Waals surface area contributed by atoms with Crippen molar-refractivity contribution in [3.63, 3.8) is 0 Å². The van der Waals surface area contributed by atoms with E-state index in [0.717, 1.165) is 11.8 Å². The first-order chi connectivity index (χ1) is 4.54. The predicted molar refractivity (Wildman–Crippen MR) is 45.0 cm³/mol. The molecule has 0 bridgehead atoms. The number of hydrogen-bond donors (Lipinski definition) is 1. The van der Waals surface area contributed by atoms with Crippen molar-refractivity contribution in [2.45, 2.75) is 27.7 Å². The minimum Gasteiger partial charge on any atom is -0.316 e. The molecule has 0 radical (unpaired) electrons. The Bertz CT molecular complexity index is 116. The Kier molecular flexibility index (Phi) is 2.04. The molecule has 0 amide bonds. The van der Waals surface area contributed by atoms with Gasteiger partial charge in [-0.3, -0.25) is 0 Å². The van der Waals surface area contributed by atoms with Gasteiger partial charge in [0.25, 0.3) is 0 Å². The third kappa shape index (κ3) is 1.34. The summed E-state index contributed by atoms with van der Waals surface area (Å²) in [4.78, 5) is 0. The van der Waals surface area contributed by atoms with Crippen LogP contribution in [0.15, 0.2) is 0 Å². The van der Waals surface area contributed by atoms with E-state index in [-0.39, 0.29) is 0 Å². The third-order valence-corrected chi connectivity index (χ3v) is 2.75. The Labute approximate surface area is 64.2 Å². The van der Waals surface area contributed by atoms with Gasteiger partial charge in [0.15, 0.2) is 0 Å².